The third-order valence-electron chi connectivity index (χ3n) is 7.61. The molecular weight excluding hydrogens is 548 g/mol. The van der Waals surface area contributed by atoms with Crippen LogP contribution in [0.25, 0.3) is 0 Å². The van der Waals surface area contributed by atoms with Crippen LogP contribution in [-0.2, 0) is 27.8 Å². The first kappa shape index (κ1) is 30.2. The van der Waals surface area contributed by atoms with Crippen LogP contribution in [0.5, 0.6) is 0 Å². The number of hydrogen-bond acceptors (Lipinski definition) is 6. The number of likely N-dealkylation sites (tertiary alicyclic amines) is 1. The van der Waals surface area contributed by atoms with Crippen LogP contribution in [0.2, 0.25) is 0 Å². The Morgan fingerprint density at radius 2 is 1.57 bits per heavy atom. The number of carbonyl (C=O) groups is 3. The standard InChI is InChI=1S/C29H40N4O5S2/c1-4-6-17-33(18-7-5-2)40(37,38)23-12-10-22(11-13-23)27(35)30-28-26(29(36)31-15-8-9-16-31)24-14-19-32(21(3)34)20-25(24)39-28/h10-13H,4-9,14-20H2,1-3H3,(H,30,35). The van der Waals surface area contributed by atoms with E-state index in [0.717, 1.165) is 49.0 Å². The number of nitrogens with one attached hydrogen (secondary N) is 1. The van der Waals surface area contributed by atoms with Crippen LogP contribution in [-0.4, -0.2) is 73.0 Å². The van der Waals surface area contributed by atoms with Crippen LogP contribution in [0.1, 0.15) is 90.5 Å². The highest BCUT2D eigenvalue weighted by Crippen LogP contribution is 2.38. The molecule has 218 valence electrons. The Bertz CT molecular complexity index is 1320. The number of amides is 3. The van der Waals surface area contributed by atoms with Gasteiger partial charge in [-0.3, -0.25) is 14.4 Å². The van der Waals surface area contributed by atoms with Gasteiger partial charge < -0.3 is 15.1 Å². The van der Waals surface area contributed by atoms with E-state index in [1.54, 1.807) is 4.90 Å². The molecule has 0 spiro atoms. The molecule has 0 aliphatic carbocycles. The smallest absolute Gasteiger partial charge is 0.257 e. The SMILES string of the molecule is CCCCN(CCCC)S(=O)(=O)c1ccc(C(=O)Nc2sc3c(c2C(=O)N2CCCC2)CCN(C(C)=O)C3)cc1. The lowest BCUT2D eigenvalue weighted by atomic mass is 10.0. The Kier molecular flexibility index (Phi) is 10.0. The van der Waals surface area contributed by atoms with Crippen molar-refractivity contribution in [3.8, 4) is 0 Å². The summed E-state index contributed by atoms with van der Waals surface area (Å²) in [5, 5.41) is 3.42. The maximum absolute atomic E-state index is 13.5. The Balaban J connectivity index is 1.57. The molecule has 1 saturated heterocycles. The molecule has 4 rings (SSSR count). The van der Waals surface area contributed by atoms with Crippen molar-refractivity contribution in [1.29, 1.82) is 0 Å². The second-order valence-corrected chi connectivity index (χ2v) is 13.5. The predicted molar refractivity (Wildman–Crippen MR) is 157 cm³/mol. The average molecular weight is 589 g/mol. The number of unbranched alkanes of at least 4 members (excludes halogenated alkanes) is 2. The van der Waals surface area contributed by atoms with Gasteiger partial charge in [0.05, 0.1) is 17.0 Å². The normalized spacial score (nSPS) is 15.4. The summed E-state index contributed by atoms with van der Waals surface area (Å²) in [6, 6.07) is 6.01. The zero-order valence-corrected chi connectivity index (χ0v) is 25.3. The van der Waals surface area contributed by atoms with Gasteiger partial charge in [0.1, 0.15) is 5.00 Å². The summed E-state index contributed by atoms with van der Waals surface area (Å²) >= 11 is 1.34. The lowest BCUT2D eigenvalue weighted by molar-refractivity contribution is -0.129. The lowest BCUT2D eigenvalue weighted by Crippen LogP contribution is -2.35. The van der Waals surface area contributed by atoms with Gasteiger partial charge in [-0.25, -0.2) is 8.42 Å². The van der Waals surface area contributed by atoms with E-state index >= 15 is 0 Å². The highest BCUT2D eigenvalue weighted by Gasteiger charge is 2.32. The molecule has 9 nitrogen and oxygen atoms in total. The van der Waals surface area contributed by atoms with Crippen molar-refractivity contribution >= 4 is 44.1 Å². The maximum Gasteiger partial charge on any atom is 0.257 e. The lowest BCUT2D eigenvalue weighted by Gasteiger charge is -2.26. The van der Waals surface area contributed by atoms with E-state index < -0.39 is 15.9 Å². The number of sulfonamides is 1. The fraction of sp³-hybridized carbons (Fsp3) is 0.552. The third-order valence-corrected chi connectivity index (χ3v) is 10.7. The third kappa shape index (κ3) is 6.58. The number of nitrogens with zero attached hydrogens (tertiary/aromatic N) is 3. The van der Waals surface area contributed by atoms with E-state index in [9.17, 15) is 22.8 Å². The molecule has 0 radical (unpaired) electrons. The molecule has 2 aliphatic heterocycles. The van der Waals surface area contributed by atoms with Gasteiger partial charge >= 0.3 is 0 Å². The topological polar surface area (TPSA) is 107 Å². The molecule has 11 heteroatoms. The minimum atomic E-state index is -3.67. The van der Waals surface area contributed by atoms with Crippen LogP contribution in [0, 0.1) is 0 Å². The number of fused-ring (bicyclic) bond motifs is 1. The van der Waals surface area contributed by atoms with Crippen molar-refractivity contribution in [2.75, 3.05) is 38.0 Å². The molecule has 3 amide bonds. The molecule has 0 bridgehead atoms. The molecule has 0 saturated carbocycles. The monoisotopic (exact) mass is 588 g/mol. The average Bonchev–Trinajstić information content (AvgIpc) is 3.60. The van der Waals surface area contributed by atoms with Gasteiger partial charge in [-0.2, -0.15) is 4.31 Å². The fourth-order valence-corrected chi connectivity index (χ4v) is 7.96. The van der Waals surface area contributed by atoms with Crippen molar-refractivity contribution in [3.05, 3.63) is 45.8 Å². The Labute approximate surface area is 241 Å². The molecule has 1 fully saturated rings. The van der Waals surface area contributed by atoms with Gasteiger partial charge in [0.25, 0.3) is 11.8 Å². The van der Waals surface area contributed by atoms with Crippen LogP contribution in [0.4, 0.5) is 5.00 Å². The fourth-order valence-electron chi connectivity index (χ4n) is 5.19. The quantitative estimate of drug-likeness (QED) is 0.408. The van der Waals surface area contributed by atoms with Gasteiger partial charge in [0.15, 0.2) is 0 Å². The summed E-state index contributed by atoms with van der Waals surface area (Å²) in [4.78, 5) is 43.5. The zero-order valence-electron chi connectivity index (χ0n) is 23.7. The van der Waals surface area contributed by atoms with Crippen LogP contribution >= 0.6 is 11.3 Å². The van der Waals surface area contributed by atoms with Crippen LogP contribution in [0.3, 0.4) is 0 Å². The second kappa shape index (κ2) is 13.3. The van der Waals surface area contributed by atoms with Gasteiger partial charge in [-0.1, -0.05) is 26.7 Å². The zero-order chi connectivity index (χ0) is 28.9. The Hall–Kier alpha value is -2.76. The van der Waals surface area contributed by atoms with Gasteiger partial charge in [0, 0.05) is 50.1 Å². The molecule has 0 atom stereocenters. The summed E-state index contributed by atoms with van der Waals surface area (Å²) in [5.41, 5.74) is 1.75. The first-order valence-corrected chi connectivity index (χ1v) is 16.5. The van der Waals surface area contributed by atoms with Crippen molar-refractivity contribution in [2.24, 2.45) is 0 Å². The van der Waals surface area contributed by atoms with Gasteiger partial charge in [-0.05, 0) is 61.9 Å². The summed E-state index contributed by atoms with van der Waals surface area (Å²) in [6.45, 7) is 8.89. The Morgan fingerprint density at radius 3 is 2.15 bits per heavy atom. The first-order chi connectivity index (χ1) is 19.2. The minimum Gasteiger partial charge on any atom is -0.339 e. The van der Waals surface area contributed by atoms with Gasteiger partial charge in [0.2, 0.25) is 15.9 Å². The second-order valence-electron chi connectivity index (χ2n) is 10.5. The molecule has 2 aliphatic rings. The number of hydrogen-bond donors (Lipinski definition) is 1. The molecule has 1 aromatic heterocycles. The summed E-state index contributed by atoms with van der Waals surface area (Å²) in [7, 11) is -3.67. The number of rotatable bonds is 11. The molecular formula is C29H40N4O5S2. The van der Waals surface area contributed by atoms with Crippen LogP contribution < -0.4 is 5.32 Å². The highest BCUT2D eigenvalue weighted by molar-refractivity contribution is 7.89. The first-order valence-electron chi connectivity index (χ1n) is 14.3. The van der Waals surface area contributed by atoms with Crippen LogP contribution in [0.15, 0.2) is 29.2 Å². The van der Waals surface area contributed by atoms with E-state index in [1.165, 1.54) is 46.8 Å². The Morgan fingerprint density at radius 1 is 0.950 bits per heavy atom. The minimum absolute atomic E-state index is 0.0185. The largest absolute Gasteiger partial charge is 0.339 e. The molecule has 40 heavy (non-hydrogen) atoms. The molecule has 3 heterocycles. The maximum atomic E-state index is 13.5. The van der Waals surface area contributed by atoms with E-state index in [4.69, 9.17) is 0 Å². The summed E-state index contributed by atoms with van der Waals surface area (Å²) < 4.78 is 28.1. The van der Waals surface area contributed by atoms with E-state index in [2.05, 4.69) is 5.32 Å². The number of thiophene rings is 1. The number of anilines is 1. The molecule has 2 aromatic rings. The van der Waals surface area contributed by atoms with Crippen molar-refractivity contribution in [3.63, 3.8) is 0 Å². The van der Waals surface area contributed by atoms with Crippen molar-refractivity contribution < 1.29 is 22.8 Å². The van der Waals surface area contributed by atoms with E-state index in [0.29, 0.717) is 61.8 Å². The van der Waals surface area contributed by atoms with Crippen molar-refractivity contribution in [2.45, 2.75) is 77.2 Å². The van der Waals surface area contributed by atoms with Gasteiger partial charge in [-0.15, -0.1) is 11.3 Å². The number of benzene rings is 1. The molecule has 1 N–H and O–H groups in total. The highest BCUT2D eigenvalue weighted by atomic mass is 32.2. The predicted octanol–water partition coefficient (Wildman–Crippen LogP) is 4.73. The van der Waals surface area contributed by atoms with E-state index in [1.807, 2.05) is 18.7 Å². The summed E-state index contributed by atoms with van der Waals surface area (Å²) in [6.07, 6.45) is 5.86. The molecule has 1 aromatic carbocycles. The molecule has 0 unspecified atom stereocenters. The van der Waals surface area contributed by atoms with E-state index in [-0.39, 0.29) is 16.7 Å². The number of carbonyl (C=O) groups excluding carboxylic acids is 3. The van der Waals surface area contributed by atoms with Crippen molar-refractivity contribution in [1.82, 2.24) is 14.1 Å². The summed E-state index contributed by atoms with van der Waals surface area (Å²) in [5.74, 6) is -0.507.